The second-order valence-corrected chi connectivity index (χ2v) is 4.68. The van der Waals surface area contributed by atoms with Gasteiger partial charge < -0.3 is 20.1 Å². The summed E-state index contributed by atoms with van der Waals surface area (Å²) < 4.78 is 9.68. The molecule has 0 saturated heterocycles. The van der Waals surface area contributed by atoms with Crippen molar-refractivity contribution in [2.75, 3.05) is 24.9 Å². The fraction of sp³-hybridized carbons (Fsp3) is 0.118. The van der Waals surface area contributed by atoms with Crippen molar-refractivity contribution in [1.82, 2.24) is 0 Å². The van der Waals surface area contributed by atoms with Crippen LogP contribution in [-0.2, 0) is 14.3 Å². The van der Waals surface area contributed by atoms with E-state index in [1.165, 1.54) is 38.5 Å². The molecule has 2 aromatic rings. The van der Waals surface area contributed by atoms with Gasteiger partial charge in [-0.1, -0.05) is 12.1 Å². The van der Waals surface area contributed by atoms with E-state index in [1.807, 2.05) is 0 Å². The van der Waals surface area contributed by atoms with Crippen LogP contribution in [0, 0.1) is 0 Å². The maximum atomic E-state index is 12.0. The Balaban J connectivity index is 2.01. The summed E-state index contributed by atoms with van der Waals surface area (Å²) in [5.41, 5.74) is 1.11. The Labute approximate surface area is 138 Å². The Morgan fingerprint density at radius 3 is 2.08 bits per heavy atom. The molecule has 2 rings (SSSR count). The van der Waals surface area contributed by atoms with Crippen molar-refractivity contribution >= 4 is 29.2 Å². The summed E-state index contributed by atoms with van der Waals surface area (Å²) in [5.74, 6) is -1.72. The Morgan fingerprint density at radius 1 is 0.833 bits per heavy atom. The number of methoxy groups -OCH3 is 2. The standard InChI is InChI=1S/C17H16N2O5/c1-23-14-6-4-3-5-13(14)19-16(21)15(20)18-12-9-7-11(8-10-12)17(22)24-2/h3-10H,1-2H3,(H,18,20)(H,19,21). The second-order valence-electron chi connectivity index (χ2n) is 4.68. The highest BCUT2D eigenvalue weighted by molar-refractivity contribution is 6.43. The topological polar surface area (TPSA) is 93.7 Å². The average Bonchev–Trinajstić information content (AvgIpc) is 2.62. The average molecular weight is 328 g/mol. The van der Waals surface area contributed by atoms with Gasteiger partial charge in [0.1, 0.15) is 5.75 Å². The van der Waals surface area contributed by atoms with Gasteiger partial charge in [-0.05, 0) is 36.4 Å². The Hall–Kier alpha value is -3.35. The highest BCUT2D eigenvalue weighted by atomic mass is 16.5. The van der Waals surface area contributed by atoms with E-state index in [2.05, 4.69) is 15.4 Å². The zero-order valence-corrected chi connectivity index (χ0v) is 13.2. The first-order valence-electron chi connectivity index (χ1n) is 6.99. The van der Waals surface area contributed by atoms with Gasteiger partial charge in [-0.15, -0.1) is 0 Å². The molecule has 0 bridgehead atoms. The number of para-hydroxylation sites is 2. The molecule has 0 aliphatic carbocycles. The number of carbonyl (C=O) groups is 3. The number of benzene rings is 2. The monoisotopic (exact) mass is 328 g/mol. The third-order valence-electron chi connectivity index (χ3n) is 3.13. The molecule has 0 unspecified atom stereocenters. The molecule has 0 spiro atoms. The molecule has 0 fully saturated rings. The minimum atomic E-state index is -0.841. The Morgan fingerprint density at radius 2 is 1.46 bits per heavy atom. The summed E-state index contributed by atoms with van der Waals surface area (Å²) in [6.45, 7) is 0. The summed E-state index contributed by atoms with van der Waals surface area (Å²) in [6.07, 6.45) is 0. The minimum Gasteiger partial charge on any atom is -0.495 e. The number of anilines is 2. The number of ether oxygens (including phenoxy) is 2. The van der Waals surface area contributed by atoms with Crippen LogP contribution in [0.15, 0.2) is 48.5 Å². The van der Waals surface area contributed by atoms with Crippen molar-refractivity contribution in [1.29, 1.82) is 0 Å². The van der Waals surface area contributed by atoms with E-state index >= 15 is 0 Å². The highest BCUT2D eigenvalue weighted by Crippen LogP contribution is 2.22. The third-order valence-corrected chi connectivity index (χ3v) is 3.13. The quantitative estimate of drug-likeness (QED) is 0.662. The zero-order valence-electron chi connectivity index (χ0n) is 13.2. The fourth-order valence-electron chi connectivity index (χ4n) is 1.92. The van der Waals surface area contributed by atoms with Gasteiger partial charge in [0.05, 0.1) is 25.5 Å². The molecule has 7 heteroatoms. The number of carbonyl (C=O) groups excluding carboxylic acids is 3. The number of hydrogen-bond acceptors (Lipinski definition) is 5. The van der Waals surface area contributed by atoms with Gasteiger partial charge in [0.2, 0.25) is 0 Å². The van der Waals surface area contributed by atoms with Crippen LogP contribution in [0.3, 0.4) is 0 Å². The normalized spacial score (nSPS) is 9.75. The molecule has 24 heavy (non-hydrogen) atoms. The van der Waals surface area contributed by atoms with Crippen molar-refractivity contribution in [2.45, 2.75) is 0 Å². The fourth-order valence-corrected chi connectivity index (χ4v) is 1.92. The van der Waals surface area contributed by atoms with E-state index < -0.39 is 17.8 Å². The predicted octanol–water partition coefficient (Wildman–Crippen LogP) is 2.06. The molecular weight excluding hydrogens is 312 g/mol. The number of nitrogens with one attached hydrogen (secondary N) is 2. The van der Waals surface area contributed by atoms with E-state index in [9.17, 15) is 14.4 Å². The molecule has 0 aliphatic rings. The highest BCUT2D eigenvalue weighted by Gasteiger charge is 2.16. The van der Waals surface area contributed by atoms with Crippen LogP contribution in [-0.4, -0.2) is 32.0 Å². The molecular formula is C17H16N2O5. The minimum absolute atomic E-state index is 0.342. The van der Waals surface area contributed by atoms with Crippen LogP contribution in [0.25, 0.3) is 0 Å². The molecule has 124 valence electrons. The lowest BCUT2D eigenvalue weighted by atomic mass is 10.2. The molecule has 2 amide bonds. The summed E-state index contributed by atoms with van der Waals surface area (Å²) in [4.78, 5) is 35.2. The van der Waals surface area contributed by atoms with Crippen molar-refractivity contribution in [3.8, 4) is 5.75 Å². The molecule has 0 radical (unpaired) electrons. The summed E-state index contributed by atoms with van der Waals surface area (Å²) >= 11 is 0. The van der Waals surface area contributed by atoms with Crippen LogP contribution < -0.4 is 15.4 Å². The first kappa shape index (κ1) is 17.0. The van der Waals surface area contributed by atoms with E-state index in [0.717, 1.165) is 0 Å². The van der Waals surface area contributed by atoms with Crippen molar-refractivity contribution in [3.05, 3.63) is 54.1 Å². The number of hydrogen-bond donors (Lipinski definition) is 2. The van der Waals surface area contributed by atoms with E-state index in [0.29, 0.717) is 22.7 Å². The summed E-state index contributed by atoms with van der Waals surface area (Å²) in [6, 6.07) is 12.7. The van der Waals surface area contributed by atoms with Gasteiger partial charge in [-0.3, -0.25) is 9.59 Å². The number of rotatable bonds is 4. The van der Waals surface area contributed by atoms with Crippen molar-refractivity contribution in [2.24, 2.45) is 0 Å². The predicted molar refractivity (Wildman–Crippen MR) is 88.0 cm³/mol. The van der Waals surface area contributed by atoms with Crippen molar-refractivity contribution in [3.63, 3.8) is 0 Å². The van der Waals surface area contributed by atoms with Gasteiger partial charge in [-0.2, -0.15) is 0 Å². The van der Waals surface area contributed by atoms with Crippen LogP contribution in [0.4, 0.5) is 11.4 Å². The van der Waals surface area contributed by atoms with Gasteiger partial charge in [0.25, 0.3) is 0 Å². The van der Waals surface area contributed by atoms with Gasteiger partial charge in [-0.25, -0.2) is 4.79 Å². The maximum Gasteiger partial charge on any atom is 0.337 e. The molecule has 0 aliphatic heterocycles. The molecule has 7 nitrogen and oxygen atoms in total. The van der Waals surface area contributed by atoms with Crippen LogP contribution >= 0.6 is 0 Å². The Kier molecular flexibility index (Phi) is 5.51. The number of amides is 2. The van der Waals surface area contributed by atoms with E-state index in [4.69, 9.17) is 4.74 Å². The smallest absolute Gasteiger partial charge is 0.337 e. The van der Waals surface area contributed by atoms with E-state index in [1.54, 1.807) is 24.3 Å². The molecule has 0 atom stereocenters. The van der Waals surface area contributed by atoms with Gasteiger partial charge >= 0.3 is 17.8 Å². The first-order valence-corrected chi connectivity index (χ1v) is 6.99. The lowest BCUT2D eigenvalue weighted by molar-refractivity contribution is -0.133. The second kappa shape index (κ2) is 7.77. The van der Waals surface area contributed by atoms with E-state index in [-0.39, 0.29) is 0 Å². The third kappa shape index (κ3) is 4.10. The van der Waals surface area contributed by atoms with Crippen molar-refractivity contribution < 1.29 is 23.9 Å². The van der Waals surface area contributed by atoms with Crippen LogP contribution in [0.1, 0.15) is 10.4 Å². The Bertz CT molecular complexity index is 756. The van der Waals surface area contributed by atoms with Gasteiger partial charge in [0, 0.05) is 5.69 Å². The lowest BCUT2D eigenvalue weighted by Gasteiger charge is -2.10. The molecule has 0 aromatic heterocycles. The molecule has 0 heterocycles. The lowest BCUT2D eigenvalue weighted by Crippen LogP contribution is -2.29. The summed E-state index contributed by atoms with van der Waals surface area (Å²) in [5, 5.41) is 4.91. The SMILES string of the molecule is COC(=O)c1ccc(NC(=O)C(=O)Nc2ccccc2OC)cc1. The summed E-state index contributed by atoms with van der Waals surface area (Å²) in [7, 11) is 2.74. The molecule has 0 saturated carbocycles. The zero-order chi connectivity index (χ0) is 17.5. The largest absolute Gasteiger partial charge is 0.495 e. The van der Waals surface area contributed by atoms with Crippen LogP contribution in [0.2, 0.25) is 0 Å². The van der Waals surface area contributed by atoms with Crippen LogP contribution in [0.5, 0.6) is 5.75 Å². The van der Waals surface area contributed by atoms with Gasteiger partial charge in [0.15, 0.2) is 0 Å². The molecule has 2 aromatic carbocycles. The number of esters is 1. The first-order chi connectivity index (χ1) is 11.5. The maximum absolute atomic E-state index is 12.0. The molecule has 2 N–H and O–H groups in total.